The Morgan fingerprint density at radius 1 is 1.64 bits per heavy atom. The Kier molecular flexibility index (Phi) is 2.74. The molecule has 0 saturated carbocycles. The van der Waals surface area contributed by atoms with Crippen molar-refractivity contribution in [2.24, 2.45) is 0 Å². The Balaban J connectivity index is 2.66. The molecule has 5 heteroatoms. The molecule has 0 spiro atoms. The van der Waals surface area contributed by atoms with Gasteiger partial charge in [0, 0.05) is 6.20 Å². The van der Waals surface area contributed by atoms with Gasteiger partial charge in [0.25, 0.3) is 6.20 Å². The molecule has 1 N–H and O–H groups in total. The first-order chi connectivity index (χ1) is 5.29. The molecule has 1 rings (SSSR count). The Bertz CT molecular complexity index is 229. The summed E-state index contributed by atoms with van der Waals surface area (Å²) in [5, 5.41) is 15.0. The quantitative estimate of drug-likeness (QED) is 0.477. The molecule has 11 heavy (non-hydrogen) atoms. The molecule has 0 aromatic carbocycles. The number of rotatable bonds is 1. The number of nitrogens with zero attached hydrogens (tertiary/aromatic N) is 1. The predicted molar refractivity (Wildman–Crippen MR) is 44.1 cm³/mol. The van der Waals surface area contributed by atoms with Crippen LogP contribution in [0, 0.1) is 10.1 Å². The molecule has 0 amide bonds. The molecular formula is C6H6N2O2S. The number of hydrogen-bond donors (Lipinski definition) is 1. The molecule has 0 aromatic heterocycles. The lowest BCUT2D eigenvalue weighted by Crippen LogP contribution is -2.01. The first kappa shape index (κ1) is 7.87. The van der Waals surface area contributed by atoms with Crippen molar-refractivity contribution in [3.05, 3.63) is 45.1 Å². The van der Waals surface area contributed by atoms with E-state index in [0.717, 1.165) is 6.20 Å². The van der Waals surface area contributed by atoms with Crippen LogP contribution in [0.5, 0.6) is 0 Å². The average molecular weight is 170 g/mol. The van der Waals surface area contributed by atoms with Gasteiger partial charge in [-0.05, 0) is 11.5 Å². The van der Waals surface area contributed by atoms with Crippen LogP contribution >= 0.6 is 11.8 Å². The van der Waals surface area contributed by atoms with Crippen molar-refractivity contribution >= 4 is 11.8 Å². The topological polar surface area (TPSA) is 55.2 Å². The van der Waals surface area contributed by atoms with Gasteiger partial charge in [-0.2, -0.15) is 0 Å². The smallest absolute Gasteiger partial charge is 0.264 e. The first-order valence-corrected chi connectivity index (χ1v) is 3.77. The van der Waals surface area contributed by atoms with Crippen LogP contribution in [0.3, 0.4) is 0 Å². The minimum absolute atomic E-state index is 0.484. The van der Waals surface area contributed by atoms with Crippen LogP contribution in [0.4, 0.5) is 0 Å². The molecule has 4 nitrogen and oxygen atoms in total. The number of thioether (sulfide) groups is 1. The van der Waals surface area contributed by atoms with Crippen LogP contribution in [0.2, 0.25) is 0 Å². The Labute approximate surface area is 67.8 Å². The van der Waals surface area contributed by atoms with E-state index in [0.29, 0.717) is 5.03 Å². The zero-order chi connectivity index (χ0) is 8.10. The highest BCUT2D eigenvalue weighted by Gasteiger charge is 1.99. The molecule has 0 saturated heterocycles. The number of nitro groups is 1. The van der Waals surface area contributed by atoms with Crippen molar-refractivity contribution in [1.82, 2.24) is 5.32 Å². The number of allylic oxidation sites excluding steroid dienone is 2. The zero-order valence-corrected chi connectivity index (χ0v) is 6.38. The van der Waals surface area contributed by atoms with Gasteiger partial charge in [-0.25, -0.2) is 0 Å². The molecule has 1 aliphatic rings. The fourth-order valence-corrected chi connectivity index (χ4v) is 1.14. The molecular weight excluding hydrogens is 164 g/mol. The number of hydrogen-bond acceptors (Lipinski definition) is 4. The Morgan fingerprint density at radius 2 is 2.45 bits per heavy atom. The van der Waals surface area contributed by atoms with E-state index < -0.39 is 4.92 Å². The minimum Gasteiger partial charge on any atom is -0.351 e. The maximum Gasteiger partial charge on any atom is 0.264 e. The SMILES string of the molecule is O=[N+]([O-])C=C1NC=CC=CS1. The summed E-state index contributed by atoms with van der Waals surface area (Å²) in [4.78, 5) is 9.52. The standard InChI is InChI=1S/C6H6N2O2S/c9-8(10)5-6-7-3-1-2-4-11-6/h1-5,7H. The monoisotopic (exact) mass is 170 g/mol. The van der Waals surface area contributed by atoms with Crippen molar-refractivity contribution in [2.45, 2.75) is 0 Å². The van der Waals surface area contributed by atoms with Gasteiger partial charge in [-0.1, -0.05) is 17.8 Å². The molecule has 0 aliphatic carbocycles. The highest BCUT2D eigenvalue weighted by Crippen LogP contribution is 2.15. The molecule has 58 valence electrons. The molecule has 0 unspecified atom stereocenters. The van der Waals surface area contributed by atoms with Gasteiger partial charge in [0.15, 0.2) is 0 Å². The molecule has 0 atom stereocenters. The summed E-state index contributed by atoms with van der Waals surface area (Å²) in [6, 6.07) is 0. The normalized spacial score (nSPS) is 19.5. The molecule has 0 bridgehead atoms. The lowest BCUT2D eigenvalue weighted by atomic mass is 10.6. The lowest BCUT2D eigenvalue weighted by Gasteiger charge is -1.95. The third-order valence-electron chi connectivity index (χ3n) is 0.929. The second-order valence-electron chi connectivity index (χ2n) is 1.73. The molecule has 0 aromatic rings. The largest absolute Gasteiger partial charge is 0.351 e. The molecule has 0 radical (unpaired) electrons. The second kappa shape index (κ2) is 3.82. The Morgan fingerprint density at radius 3 is 3.18 bits per heavy atom. The van der Waals surface area contributed by atoms with Crippen molar-refractivity contribution in [3.63, 3.8) is 0 Å². The summed E-state index contributed by atoms with van der Waals surface area (Å²) in [6.45, 7) is 0. The summed E-state index contributed by atoms with van der Waals surface area (Å²) < 4.78 is 0. The van der Waals surface area contributed by atoms with E-state index in [1.54, 1.807) is 23.8 Å². The fourth-order valence-electron chi connectivity index (χ4n) is 0.541. The summed E-state index contributed by atoms with van der Waals surface area (Å²) in [6.07, 6.45) is 6.16. The fraction of sp³-hybridized carbons (Fsp3) is 0. The van der Waals surface area contributed by atoms with Crippen LogP contribution in [0.25, 0.3) is 0 Å². The summed E-state index contributed by atoms with van der Waals surface area (Å²) in [7, 11) is 0. The van der Waals surface area contributed by atoms with E-state index in [1.165, 1.54) is 11.8 Å². The molecule has 1 heterocycles. The van der Waals surface area contributed by atoms with Crippen molar-refractivity contribution < 1.29 is 4.92 Å². The zero-order valence-electron chi connectivity index (χ0n) is 5.56. The molecule has 1 aliphatic heterocycles. The third-order valence-corrected chi connectivity index (χ3v) is 1.70. The van der Waals surface area contributed by atoms with Gasteiger partial charge in [0.2, 0.25) is 0 Å². The van der Waals surface area contributed by atoms with Crippen molar-refractivity contribution in [1.29, 1.82) is 0 Å². The van der Waals surface area contributed by atoms with Crippen LogP contribution in [0.15, 0.2) is 35.0 Å². The second-order valence-corrected chi connectivity index (χ2v) is 2.68. The number of nitrogens with one attached hydrogen (secondary N) is 1. The minimum atomic E-state index is -0.484. The first-order valence-electron chi connectivity index (χ1n) is 2.89. The summed E-state index contributed by atoms with van der Waals surface area (Å²) >= 11 is 1.28. The van der Waals surface area contributed by atoms with Gasteiger partial charge < -0.3 is 5.32 Å². The van der Waals surface area contributed by atoms with Crippen LogP contribution in [-0.2, 0) is 0 Å². The van der Waals surface area contributed by atoms with Crippen LogP contribution in [-0.4, -0.2) is 4.92 Å². The summed E-state index contributed by atoms with van der Waals surface area (Å²) in [5.41, 5.74) is 0. The van der Waals surface area contributed by atoms with Gasteiger partial charge in [0.05, 0.1) is 4.92 Å². The van der Waals surface area contributed by atoms with E-state index in [2.05, 4.69) is 5.32 Å². The maximum atomic E-state index is 10.0. The average Bonchev–Trinajstić information content (AvgIpc) is 2.14. The van der Waals surface area contributed by atoms with Gasteiger partial charge in [0.1, 0.15) is 5.03 Å². The van der Waals surface area contributed by atoms with E-state index in [4.69, 9.17) is 0 Å². The maximum absolute atomic E-state index is 10.0. The van der Waals surface area contributed by atoms with Crippen LogP contribution < -0.4 is 5.32 Å². The highest BCUT2D eigenvalue weighted by molar-refractivity contribution is 8.05. The van der Waals surface area contributed by atoms with Gasteiger partial charge in [-0.15, -0.1) is 0 Å². The van der Waals surface area contributed by atoms with E-state index in [1.807, 2.05) is 0 Å². The van der Waals surface area contributed by atoms with Crippen molar-refractivity contribution in [3.8, 4) is 0 Å². The predicted octanol–water partition coefficient (Wildman–Crippen LogP) is 1.43. The highest BCUT2D eigenvalue weighted by atomic mass is 32.2. The third kappa shape index (κ3) is 2.90. The summed E-state index contributed by atoms with van der Waals surface area (Å²) in [5.74, 6) is 0. The lowest BCUT2D eigenvalue weighted by molar-refractivity contribution is -0.403. The van der Waals surface area contributed by atoms with E-state index >= 15 is 0 Å². The van der Waals surface area contributed by atoms with Gasteiger partial charge in [-0.3, -0.25) is 10.1 Å². The van der Waals surface area contributed by atoms with E-state index in [9.17, 15) is 10.1 Å². The van der Waals surface area contributed by atoms with Gasteiger partial charge >= 0.3 is 0 Å². The Hall–Kier alpha value is -1.23. The van der Waals surface area contributed by atoms with Crippen LogP contribution in [0.1, 0.15) is 0 Å². The molecule has 0 fully saturated rings. The van der Waals surface area contributed by atoms with Crippen molar-refractivity contribution in [2.75, 3.05) is 0 Å². The van der Waals surface area contributed by atoms with E-state index in [-0.39, 0.29) is 0 Å².